The van der Waals surface area contributed by atoms with Crippen molar-refractivity contribution in [3.63, 3.8) is 0 Å². The second-order valence-corrected chi connectivity index (χ2v) is 8.34. The zero-order valence-electron chi connectivity index (χ0n) is 16.4. The van der Waals surface area contributed by atoms with Gasteiger partial charge in [-0.05, 0) is 54.0 Å². The second-order valence-electron chi connectivity index (χ2n) is 8.34. The molecule has 3 unspecified atom stereocenters. The maximum absolute atomic E-state index is 10.4. The highest BCUT2D eigenvalue weighted by molar-refractivity contribution is 5.38. The van der Waals surface area contributed by atoms with Crippen LogP contribution in [0.2, 0.25) is 0 Å². The normalized spacial score (nSPS) is 30.9. The molecule has 0 amide bonds. The zero-order valence-corrected chi connectivity index (χ0v) is 16.4. The molecule has 156 valence electrons. The van der Waals surface area contributed by atoms with Gasteiger partial charge in [0.05, 0.1) is 12.2 Å². The topological polar surface area (TPSA) is 110 Å². The Bertz CT molecular complexity index is 858. The lowest BCUT2D eigenvalue weighted by Gasteiger charge is -2.40. The van der Waals surface area contributed by atoms with Crippen LogP contribution >= 0.6 is 0 Å². The van der Waals surface area contributed by atoms with Gasteiger partial charge in [0.15, 0.2) is 0 Å². The van der Waals surface area contributed by atoms with Crippen LogP contribution in [0.15, 0.2) is 42.5 Å². The highest BCUT2D eigenvalue weighted by Gasteiger charge is 2.44. The van der Waals surface area contributed by atoms with Crippen LogP contribution < -0.4 is 0 Å². The highest BCUT2D eigenvalue weighted by atomic mass is 16.5. The fraction of sp³-hybridized carbons (Fsp3) is 0.478. The van der Waals surface area contributed by atoms with E-state index in [1.807, 2.05) is 49.4 Å². The van der Waals surface area contributed by atoms with Gasteiger partial charge in [-0.25, -0.2) is 0 Å². The third-order valence-corrected chi connectivity index (χ3v) is 6.20. The smallest absolute Gasteiger partial charge is 0.113 e. The molecule has 2 fully saturated rings. The van der Waals surface area contributed by atoms with E-state index < -0.39 is 42.7 Å². The van der Waals surface area contributed by atoms with Gasteiger partial charge in [0.25, 0.3) is 0 Å². The van der Waals surface area contributed by atoms with Gasteiger partial charge in [-0.15, -0.1) is 0 Å². The first-order chi connectivity index (χ1) is 13.8. The Morgan fingerprint density at radius 3 is 2.28 bits per heavy atom. The van der Waals surface area contributed by atoms with Crippen molar-refractivity contribution in [3.05, 3.63) is 70.3 Å². The van der Waals surface area contributed by atoms with Crippen molar-refractivity contribution in [1.29, 1.82) is 0 Å². The lowest BCUT2D eigenvalue weighted by Crippen LogP contribution is -2.55. The van der Waals surface area contributed by atoms with Crippen LogP contribution in [-0.2, 0) is 16.8 Å². The van der Waals surface area contributed by atoms with Gasteiger partial charge >= 0.3 is 0 Å². The molecule has 1 heterocycles. The molecule has 1 saturated heterocycles. The van der Waals surface area contributed by atoms with Crippen molar-refractivity contribution < 1.29 is 30.3 Å². The van der Waals surface area contributed by atoms with E-state index >= 15 is 0 Å². The molecule has 29 heavy (non-hydrogen) atoms. The first-order valence-corrected chi connectivity index (χ1v) is 10.0. The number of aryl methyl sites for hydroxylation is 1. The van der Waals surface area contributed by atoms with Crippen molar-refractivity contribution >= 4 is 0 Å². The van der Waals surface area contributed by atoms with Crippen molar-refractivity contribution in [2.24, 2.45) is 0 Å². The SMILES string of the molecule is Cc1ccc(C2OC(CO)[C@@H](O)[C@H](O)C2O)cc1Cc1ccc(C2(O)CC2)cc1. The van der Waals surface area contributed by atoms with E-state index in [0.29, 0.717) is 12.0 Å². The molecule has 0 spiro atoms. The fourth-order valence-electron chi connectivity index (χ4n) is 4.00. The molecular formula is C23H28O6. The number of benzene rings is 2. The highest BCUT2D eigenvalue weighted by Crippen LogP contribution is 2.45. The molecular weight excluding hydrogens is 372 g/mol. The molecule has 1 aliphatic heterocycles. The third kappa shape index (κ3) is 3.97. The van der Waals surface area contributed by atoms with E-state index in [9.17, 15) is 25.5 Å². The lowest BCUT2D eigenvalue weighted by molar-refractivity contribution is -0.231. The Balaban J connectivity index is 1.56. The first kappa shape index (κ1) is 20.5. The standard InChI is InChI=1S/C23H28O6/c1-13-2-5-15(22-21(27)20(26)19(25)18(12-24)29-22)11-16(13)10-14-3-6-17(7-4-14)23(28)8-9-23/h2-7,11,18-22,24-28H,8-10,12H2,1H3/t18?,19-,20+,21?,22?/m1/s1. The van der Waals surface area contributed by atoms with Crippen LogP contribution in [0.5, 0.6) is 0 Å². The van der Waals surface area contributed by atoms with Gasteiger partial charge in [-0.1, -0.05) is 42.5 Å². The molecule has 5 N–H and O–H groups in total. The molecule has 5 atom stereocenters. The van der Waals surface area contributed by atoms with Gasteiger partial charge in [0.1, 0.15) is 30.5 Å². The largest absolute Gasteiger partial charge is 0.394 e. The molecule has 0 bridgehead atoms. The van der Waals surface area contributed by atoms with E-state index in [4.69, 9.17) is 4.74 Å². The van der Waals surface area contributed by atoms with Crippen LogP contribution in [0.4, 0.5) is 0 Å². The van der Waals surface area contributed by atoms with E-state index in [1.165, 1.54) is 0 Å². The van der Waals surface area contributed by atoms with Crippen LogP contribution in [0, 0.1) is 6.92 Å². The molecule has 0 aromatic heterocycles. The fourth-order valence-corrected chi connectivity index (χ4v) is 4.00. The molecule has 6 nitrogen and oxygen atoms in total. The van der Waals surface area contributed by atoms with Crippen molar-refractivity contribution in [2.45, 2.75) is 62.3 Å². The molecule has 6 heteroatoms. The Kier molecular flexibility index (Phi) is 5.50. The van der Waals surface area contributed by atoms with Crippen molar-refractivity contribution in [3.8, 4) is 0 Å². The van der Waals surface area contributed by atoms with Crippen LogP contribution in [0.25, 0.3) is 0 Å². The number of ether oxygens (including phenoxy) is 1. The van der Waals surface area contributed by atoms with Crippen LogP contribution in [0.1, 0.15) is 46.8 Å². The minimum absolute atomic E-state index is 0.446. The molecule has 0 radical (unpaired) electrons. The Hall–Kier alpha value is -1.80. The predicted molar refractivity (Wildman–Crippen MR) is 106 cm³/mol. The Morgan fingerprint density at radius 1 is 0.966 bits per heavy atom. The second kappa shape index (κ2) is 7.80. The summed E-state index contributed by atoms with van der Waals surface area (Å²) >= 11 is 0. The minimum atomic E-state index is -1.39. The molecule has 2 aromatic carbocycles. The third-order valence-electron chi connectivity index (χ3n) is 6.20. The van der Waals surface area contributed by atoms with E-state index in [0.717, 1.165) is 35.1 Å². The maximum atomic E-state index is 10.4. The average molecular weight is 400 g/mol. The van der Waals surface area contributed by atoms with Crippen molar-refractivity contribution in [2.75, 3.05) is 6.61 Å². The summed E-state index contributed by atoms with van der Waals surface area (Å²) in [7, 11) is 0. The summed E-state index contributed by atoms with van der Waals surface area (Å²) in [4.78, 5) is 0. The minimum Gasteiger partial charge on any atom is -0.394 e. The van der Waals surface area contributed by atoms with Crippen LogP contribution in [-0.4, -0.2) is 56.6 Å². The zero-order chi connectivity index (χ0) is 20.8. The summed E-state index contributed by atoms with van der Waals surface area (Å²) in [6.07, 6.45) is -3.51. The van der Waals surface area contributed by atoms with E-state index in [-0.39, 0.29) is 0 Å². The van der Waals surface area contributed by atoms with Gasteiger partial charge < -0.3 is 30.3 Å². The summed E-state index contributed by atoms with van der Waals surface area (Å²) in [5.74, 6) is 0. The lowest BCUT2D eigenvalue weighted by atomic mass is 9.89. The van der Waals surface area contributed by atoms with Gasteiger partial charge in [-0.3, -0.25) is 0 Å². The molecule has 1 aliphatic carbocycles. The maximum Gasteiger partial charge on any atom is 0.113 e. The van der Waals surface area contributed by atoms with Crippen molar-refractivity contribution in [1.82, 2.24) is 0 Å². The molecule has 1 saturated carbocycles. The first-order valence-electron chi connectivity index (χ1n) is 10.0. The van der Waals surface area contributed by atoms with Gasteiger partial charge in [-0.2, -0.15) is 0 Å². The van der Waals surface area contributed by atoms with E-state index in [2.05, 4.69) is 0 Å². The molecule has 2 aliphatic rings. The average Bonchev–Trinajstić information content (AvgIpc) is 3.47. The van der Waals surface area contributed by atoms with Gasteiger partial charge in [0.2, 0.25) is 0 Å². The monoisotopic (exact) mass is 400 g/mol. The summed E-state index contributed by atoms with van der Waals surface area (Å²) in [6.45, 7) is 1.56. The quantitative estimate of drug-likeness (QED) is 0.514. The number of aliphatic hydroxyl groups is 5. The molecule has 4 rings (SSSR count). The van der Waals surface area contributed by atoms with Gasteiger partial charge in [0, 0.05) is 0 Å². The predicted octanol–water partition coefficient (Wildman–Crippen LogP) is 1.08. The number of hydrogen-bond donors (Lipinski definition) is 5. The number of rotatable bonds is 5. The summed E-state index contributed by atoms with van der Waals surface area (Å²) < 4.78 is 5.68. The summed E-state index contributed by atoms with van der Waals surface area (Å²) in [5, 5.41) is 50.1. The Labute approximate surface area is 170 Å². The van der Waals surface area contributed by atoms with Crippen LogP contribution in [0.3, 0.4) is 0 Å². The summed E-state index contributed by atoms with van der Waals surface area (Å²) in [5.41, 5.74) is 4.24. The Morgan fingerprint density at radius 2 is 1.66 bits per heavy atom. The molecule has 2 aromatic rings. The number of hydrogen-bond acceptors (Lipinski definition) is 6. The number of aliphatic hydroxyl groups excluding tert-OH is 4. The van der Waals surface area contributed by atoms with E-state index in [1.54, 1.807) is 0 Å². The summed E-state index contributed by atoms with van der Waals surface area (Å²) in [6, 6.07) is 13.7.